The highest BCUT2D eigenvalue weighted by molar-refractivity contribution is 7.13. The van der Waals surface area contributed by atoms with Crippen molar-refractivity contribution in [3.8, 4) is 21.8 Å². The molecule has 0 saturated carbocycles. The van der Waals surface area contributed by atoms with E-state index >= 15 is 0 Å². The Kier molecular flexibility index (Phi) is 2.97. The molecular formula is C14H10FN3S. The quantitative estimate of drug-likeness (QED) is 0.775. The minimum Gasteiger partial charge on any atom is -0.368 e. The monoisotopic (exact) mass is 271 g/mol. The van der Waals surface area contributed by atoms with Crippen LogP contribution >= 0.6 is 11.3 Å². The molecule has 19 heavy (non-hydrogen) atoms. The summed E-state index contributed by atoms with van der Waals surface area (Å²) in [5.41, 5.74) is 7.34. The van der Waals surface area contributed by atoms with Crippen LogP contribution in [0.2, 0.25) is 0 Å². The van der Waals surface area contributed by atoms with Gasteiger partial charge in [0.15, 0.2) is 0 Å². The Morgan fingerprint density at radius 3 is 2.53 bits per heavy atom. The lowest BCUT2D eigenvalue weighted by Gasteiger charge is -2.05. The highest BCUT2D eigenvalue weighted by Crippen LogP contribution is 2.28. The van der Waals surface area contributed by atoms with Gasteiger partial charge in [0.1, 0.15) is 5.82 Å². The van der Waals surface area contributed by atoms with Crippen molar-refractivity contribution in [1.29, 1.82) is 0 Å². The average Bonchev–Trinajstić information content (AvgIpc) is 2.92. The molecule has 0 amide bonds. The zero-order valence-electron chi connectivity index (χ0n) is 9.88. The normalized spacial score (nSPS) is 10.6. The van der Waals surface area contributed by atoms with Gasteiger partial charge in [-0.2, -0.15) is 0 Å². The molecule has 0 aliphatic heterocycles. The lowest BCUT2D eigenvalue weighted by molar-refractivity contribution is 0.631. The average molecular weight is 271 g/mol. The van der Waals surface area contributed by atoms with Gasteiger partial charge in [-0.25, -0.2) is 14.4 Å². The molecule has 3 nitrogen and oxygen atoms in total. The van der Waals surface area contributed by atoms with Gasteiger partial charge >= 0.3 is 0 Å². The molecular weight excluding hydrogens is 261 g/mol. The van der Waals surface area contributed by atoms with Crippen molar-refractivity contribution < 1.29 is 4.39 Å². The molecule has 0 unspecified atom stereocenters. The number of aromatic nitrogens is 2. The molecule has 94 valence electrons. The topological polar surface area (TPSA) is 51.8 Å². The molecule has 0 bridgehead atoms. The summed E-state index contributed by atoms with van der Waals surface area (Å²) in [4.78, 5) is 9.27. The summed E-state index contributed by atoms with van der Waals surface area (Å²) >= 11 is 1.55. The largest absolute Gasteiger partial charge is 0.368 e. The molecule has 0 aliphatic carbocycles. The standard InChI is InChI=1S/C14H10FN3S/c15-10-5-2-1-4-9(10)11-8-12(18-14(16)17-11)13-6-3-7-19-13/h1-8H,(H2,16,17,18). The maximum absolute atomic E-state index is 13.8. The van der Waals surface area contributed by atoms with Gasteiger partial charge < -0.3 is 5.73 Å². The maximum atomic E-state index is 13.8. The van der Waals surface area contributed by atoms with Crippen LogP contribution in [-0.2, 0) is 0 Å². The third kappa shape index (κ3) is 2.32. The molecule has 0 aliphatic rings. The maximum Gasteiger partial charge on any atom is 0.221 e. The Balaban J connectivity index is 2.16. The zero-order valence-corrected chi connectivity index (χ0v) is 10.7. The molecule has 0 spiro atoms. The summed E-state index contributed by atoms with van der Waals surface area (Å²) in [6.45, 7) is 0. The van der Waals surface area contributed by atoms with E-state index < -0.39 is 0 Å². The zero-order chi connectivity index (χ0) is 13.2. The summed E-state index contributed by atoms with van der Waals surface area (Å²) in [5.74, 6) is -0.179. The molecule has 2 aromatic heterocycles. The summed E-state index contributed by atoms with van der Waals surface area (Å²) in [7, 11) is 0. The van der Waals surface area contributed by atoms with Gasteiger partial charge in [-0.05, 0) is 29.6 Å². The smallest absolute Gasteiger partial charge is 0.221 e. The van der Waals surface area contributed by atoms with Crippen molar-refractivity contribution in [2.75, 3.05) is 5.73 Å². The molecule has 1 aromatic carbocycles. The van der Waals surface area contributed by atoms with Crippen molar-refractivity contribution in [2.45, 2.75) is 0 Å². The Morgan fingerprint density at radius 1 is 1.00 bits per heavy atom. The molecule has 0 saturated heterocycles. The number of benzene rings is 1. The van der Waals surface area contributed by atoms with Gasteiger partial charge in [0, 0.05) is 5.56 Å². The van der Waals surface area contributed by atoms with Gasteiger partial charge in [-0.1, -0.05) is 18.2 Å². The third-order valence-corrected chi connectivity index (χ3v) is 3.56. The van der Waals surface area contributed by atoms with Crippen LogP contribution < -0.4 is 5.73 Å². The van der Waals surface area contributed by atoms with Crippen molar-refractivity contribution in [3.63, 3.8) is 0 Å². The Labute approximate surface area is 113 Å². The molecule has 2 N–H and O–H groups in total. The van der Waals surface area contributed by atoms with Gasteiger partial charge in [-0.3, -0.25) is 0 Å². The van der Waals surface area contributed by atoms with Crippen LogP contribution in [-0.4, -0.2) is 9.97 Å². The predicted octanol–water partition coefficient (Wildman–Crippen LogP) is 3.59. The van der Waals surface area contributed by atoms with Gasteiger partial charge in [0.2, 0.25) is 5.95 Å². The SMILES string of the molecule is Nc1nc(-c2cccs2)cc(-c2ccccc2F)n1. The van der Waals surface area contributed by atoms with Gasteiger partial charge in [0.25, 0.3) is 0 Å². The third-order valence-electron chi connectivity index (χ3n) is 2.67. The molecule has 3 aromatic rings. The summed E-state index contributed by atoms with van der Waals surface area (Å²) in [6.07, 6.45) is 0. The highest BCUT2D eigenvalue weighted by Gasteiger charge is 2.10. The fourth-order valence-electron chi connectivity index (χ4n) is 1.82. The number of hydrogen-bond donors (Lipinski definition) is 1. The second-order valence-electron chi connectivity index (χ2n) is 3.95. The number of rotatable bonds is 2. The van der Waals surface area contributed by atoms with Crippen LogP contribution in [0, 0.1) is 5.82 Å². The van der Waals surface area contributed by atoms with Gasteiger partial charge in [-0.15, -0.1) is 11.3 Å². The summed E-state index contributed by atoms with van der Waals surface area (Å²) in [5, 5.41) is 1.95. The first-order valence-corrected chi connectivity index (χ1v) is 6.55. The molecule has 0 fully saturated rings. The second-order valence-corrected chi connectivity index (χ2v) is 4.90. The lowest BCUT2D eigenvalue weighted by Crippen LogP contribution is -1.98. The first-order valence-electron chi connectivity index (χ1n) is 5.67. The molecule has 2 heterocycles. The van der Waals surface area contributed by atoms with Crippen molar-refractivity contribution in [2.24, 2.45) is 0 Å². The first-order chi connectivity index (χ1) is 9.24. The minimum atomic E-state index is -0.322. The number of nitrogen functional groups attached to an aromatic ring is 1. The first kappa shape index (κ1) is 11.8. The van der Waals surface area contributed by atoms with E-state index in [2.05, 4.69) is 9.97 Å². The summed E-state index contributed by atoms with van der Waals surface area (Å²) in [6, 6.07) is 12.1. The predicted molar refractivity (Wildman–Crippen MR) is 75.2 cm³/mol. The van der Waals surface area contributed by atoms with Crippen LogP contribution in [0.5, 0.6) is 0 Å². The van der Waals surface area contributed by atoms with Crippen LogP contribution in [0.15, 0.2) is 47.8 Å². The minimum absolute atomic E-state index is 0.143. The van der Waals surface area contributed by atoms with Crippen LogP contribution in [0.1, 0.15) is 0 Å². The summed E-state index contributed by atoms with van der Waals surface area (Å²) < 4.78 is 13.8. The molecule has 0 atom stereocenters. The van der Waals surface area contributed by atoms with Crippen LogP contribution in [0.25, 0.3) is 21.8 Å². The van der Waals surface area contributed by atoms with E-state index in [4.69, 9.17) is 5.73 Å². The molecule has 3 rings (SSSR count). The van der Waals surface area contributed by atoms with Crippen molar-refractivity contribution in [1.82, 2.24) is 9.97 Å². The van der Waals surface area contributed by atoms with E-state index in [-0.39, 0.29) is 11.8 Å². The van der Waals surface area contributed by atoms with E-state index in [1.165, 1.54) is 6.07 Å². The molecule has 5 heteroatoms. The van der Waals surface area contributed by atoms with Crippen molar-refractivity contribution >= 4 is 17.3 Å². The van der Waals surface area contributed by atoms with E-state index in [1.807, 2.05) is 17.5 Å². The number of nitrogens with zero attached hydrogens (tertiary/aromatic N) is 2. The van der Waals surface area contributed by atoms with E-state index in [0.29, 0.717) is 17.0 Å². The van der Waals surface area contributed by atoms with Gasteiger partial charge in [0.05, 0.1) is 16.3 Å². The number of anilines is 1. The molecule has 0 radical (unpaired) electrons. The lowest BCUT2D eigenvalue weighted by atomic mass is 10.1. The van der Waals surface area contributed by atoms with Crippen molar-refractivity contribution in [3.05, 3.63) is 53.7 Å². The fraction of sp³-hybridized carbons (Fsp3) is 0. The number of thiophene rings is 1. The van der Waals surface area contributed by atoms with E-state index in [9.17, 15) is 4.39 Å². The number of nitrogens with two attached hydrogens (primary N) is 1. The number of halogens is 1. The Bertz CT molecular complexity index is 710. The fourth-order valence-corrected chi connectivity index (χ4v) is 2.51. The van der Waals surface area contributed by atoms with E-state index in [1.54, 1.807) is 35.6 Å². The Hall–Kier alpha value is -2.27. The Morgan fingerprint density at radius 2 is 1.79 bits per heavy atom. The second kappa shape index (κ2) is 4.78. The van der Waals surface area contributed by atoms with E-state index in [0.717, 1.165) is 4.88 Å². The van der Waals surface area contributed by atoms with Crippen LogP contribution in [0.4, 0.5) is 10.3 Å². The highest BCUT2D eigenvalue weighted by atomic mass is 32.1. The number of hydrogen-bond acceptors (Lipinski definition) is 4. The van der Waals surface area contributed by atoms with Crippen LogP contribution in [0.3, 0.4) is 0 Å².